The van der Waals surface area contributed by atoms with Crippen LogP contribution in [0.2, 0.25) is 0 Å². The molecule has 0 amide bonds. The molecule has 2 nitrogen and oxygen atoms in total. The summed E-state index contributed by atoms with van der Waals surface area (Å²) in [6, 6.07) is 19.2. The fraction of sp³-hybridized carbons (Fsp3) is 0.294. The number of benzene rings is 2. The van der Waals surface area contributed by atoms with E-state index in [1.807, 2.05) is 12.1 Å². The maximum absolute atomic E-state index is 5.67. The normalized spacial score (nSPS) is 11.1. The molecule has 0 aliphatic rings. The lowest BCUT2D eigenvalue weighted by Gasteiger charge is -2.14. The van der Waals surface area contributed by atoms with E-state index in [0.717, 1.165) is 25.1 Å². The van der Waals surface area contributed by atoms with Crippen LogP contribution in [0.25, 0.3) is 0 Å². The van der Waals surface area contributed by atoms with Crippen LogP contribution in [0.4, 0.5) is 5.69 Å². The smallest absolute Gasteiger partial charge is 0.0314 e. The predicted molar refractivity (Wildman–Crippen MR) is 96.7 cm³/mol. The number of nitrogen functional groups attached to an aromatic ring is 1. The zero-order valence-electron chi connectivity index (χ0n) is 12.3. The zero-order valence-corrected chi connectivity index (χ0v) is 13.9. The summed E-state index contributed by atoms with van der Waals surface area (Å²) >= 11 is 0. The van der Waals surface area contributed by atoms with Crippen molar-refractivity contribution in [2.24, 2.45) is 0 Å². The van der Waals surface area contributed by atoms with E-state index in [2.05, 4.69) is 54.7 Å². The third-order valence-corrected chi connectivity index (χ3v) is 3.27. The number of nitrogens with one attached hydrogen (secondary N) is 1. The lowest BCUT2D eigenvalue weighted by molar-refractivity contribution is 0.548. The van der Waals surface area contributed by atoms with E-state index >= 15 is 0 Å². The number of nitrogens with two attached hydrogens (primary N) is 1. The molecule has 4 heteroatoms. The van der Waals surface area contributed by atoms with E-state index in [0.29, 0.717) is 6.04 Å². The average molecular weight is 327 g/mol. The van der Waals surface area contributed by atoms with Crippen LogP contribution in [0.5, 0.6) is 0 Å². The topological polar surface area (TPSA) is 38.0 Å². The lowest BCUT2D eigenvalue weighted by Crippen LogP contribution is -2.29. The first-order chi connectivity index (χ1) is 9.24. The zero-order chi connectivity index (χ0) is 13.5. The number of hydrogen-bond donors (Lipinski definition) is 2. The largest absolute Gasteiger partial charge is 0.399 e. The summed E-state index contributed by atoms with van der Waals surface area (Å²) in [5, 5.41) is 3.56. The maximum Gasteiger partial charge on any atom is 0.0314 e. The monoisotopic (exact) mass is 326 g/mol. The molecule has 1 unspecified atom stereocenters. The third kappa shape index (κ3) is 7.37. The molecule has 0 heterocycles. The highest BCUT2D eigenvalue weighted by molar-refractivity contribution is 5.85. The van der Waals surface area contributed by atoms with Gasteiger partial charge in [0.25, 0.3) is 0 Å². The van der Waals surface area contributed by atoms with Crippen LogP contribution < -0.4 is 11.1 Å². The van der Waals surface area contributed by atoms with Crippen LogP contribution in [0, 0.1) is 0 Å². The van der Waals surface area contributed by atoms with Gasteiger partial charge in [0.15, 0.2) is 0 Å². The molecule has 21 heavy (non-hydrogen) atoms. The van der Waals surface area contributed by atoms with Gasteiger partial charge in [0.1, 0.15) is 0 Å². The molecule has 116 valence electrons. The van der Waals surface area contributed by atoms with Crippen LogP contribution in [-0.2, 0) is 12.8 Å². The van der Waals surface area contributed by atoms with Crippen molar-refractivity contribution in [3.63, 3.8) is 0 Å². The molecule has 0 radical (unpaired) electrons. The van der Waals surface area contributed by atoms with Gasteiger partial charge in [-0.25, -0.2) is 0 Å². The summed E-state index contributed by atoms with van der Waals surface area (Å²) in [6.45, 7) is 3.23. The van der Waals surface area contributed by atoms with Gasteiger partial charge in [-0.05, 0) is 49.6 Å². The molecular weight excluding hydrogens is 303 g/mol. The van der Waals surface area contributed by atoms with E-state index in [1.54, 1.807) is 0 Å². The molecule has 0 saturated heterocycles. The highest BCUT2D eigenvalue weighted by Gasteiger charge is 2.02. The van der Waals surface area contributed by atoms with Crippen molar-refractivity contribution in [1.29, 1.82) is 0 Å². The molecule has 0 aliphatic carbocycles. The molecule has 0 aliphatic heterocycles. The number of anilines is 1. The highest BCUT2D eigenvalue weighted by Crippen LogP contribution is 2.06. The summed E-state index contributed by atoms with van der Waals surface area (Å²) in [5.41, 5.74) is 9.21. The SMILES string of the molecule is CC(Cc1ccccc1)NCCc1ccc(N)cc1.Cl.Cl. The van der Waals surface area contributed by atoms with Gasteiger partial charge in [0, 0.05) is 11.7 Å². The Labute approximate surface area is 140 Å². The Morgan fingerprint density at radius 3 is 2.14 bits per heavy atom. The Kier molecular flexibility index (Phi) is 9.89. The standard InChI is InChI=1S/C17H22N2.2ClH/c1-14(13-16-5-3-2-4-6-16)19-12-11-15-7-9-17(18)10-8-15;;/h2-10,14,19H,11-13,18H2,1H3;2*1H. The van der Waals surface area contributed by atoms with Crippen molar-refractivity contribution < 1.29 is 0 Å². The molecule has 3 N–H and O–H groups in total. The first kappa shape index (κ1) is 19.8. The second kappa shape index (κ2) is 10.5. The molecule has 2 aromatic rings. The molecule has 1 atom stereocenters. The van der Waals surface area contributed by atoms with E-state index in [-0.39, 0.29) is 24.8 Å². The number of halogens is 2. The van der Waals surface area contributed by atoms with E-state index in [9.17, 15) is 0 Å². The van der Waals surface area contributed by atoms with Crippen LogP contribution in [0.1, 0.15) is 18.1 Å². The van der Waals surface area contributed by atoms with Crippen molar-refractivity contribution in [3.8, 4) is 0 Å². The van der Waals surface area contributed by atoms with Gasteiger partial charge in [-0.2, -0.15) is 0 Å². The van der Waals surface area contributed by atoms with Crippen LogP contribution in [-0.4, -0.2) is 12.6 Å². The van der Waals surface area contributed by atoms with Crippen molar-refractivity contribution in [3.05, 3.63) is 65.7 Å². The van der Waals surface area contributed by atoms with Gasteiger partial charge in [-0.3, -0.25) is 0 Å². The summed E-state index contributed by atoms with van der Waals surface area (Å²) < 4.78 is 0. The predicted octanol–water partition coefficient (Wildman–Crippen LogP) is 3.88. The van der Waals surface area contributed by atoms with Gasteiger partial charge in [-0.1, -0.05) is 42.5 Å². The van der Waals surface area contributed by atoms with Crippen LogP contribution in [0.15, 0.2) is 54.6 Å². The van der Waals surface area contributed by atoms with Crippen molar-refractivity contribution in [2.45, 2.75) is 25.8 Å². The Morgan fingerprint density at radius 2 is 1.52 bits per heavy atom. The lowest BCUT2D eigenvalue weighted by atomic mass is 10.1. The molecule has 2 aromatic carbocycles. The Hall–Kier alpha value is -1.22. The van der Waals surface area contributed by atoms with E-state index < -0.39 is 0 Å². The first-order valence-corrected chi connectivity index (χ1v) is 6.86. The first-order valence-electron chi connectivity index (χ1n) is 6.86. The average Bonchev–Trinajstić information content (AvgIpc) is 2.42. The van der Waals surface area contributed by atoms with Crippen molar-refractivity contribution in [2.75, 3.05) is 12.3 Å². The molecular formula is C17H24Cl2N2. The minimum Gasteiger partial charge on any atom is -0.399 e. The van der Waals surface area contributed by atoms with Gasteiger partial charge < -0.3 is 11.1 Å². The van der Waals surface area contributed by atoms with E-state index in [1.165, 1.54) is 11.1 Å². The fourth-order valence-electron chi connectivity index (χ4n) is 2.19. The Morgan fingerprint density at radius 1 is 0.905 bits per heavy atom. The molecule has 0 aromatic heterocycles. The molecule has 0 saturated carbocycles. The summed E-state index contributed by atoms with van der Waals surface area (Å²) in [7, 11) is 0. The summed E-state index contributed by atoms with van der Waals surface area (Å²) in [6.07, 6.45) is 2.11. The van der Waals surface area contributed by atoms with Gasteiger partial charge in [0.2, 0.25) is 0 Å². The quantitative estimate of drug-likeness (QED) is 0.790. The molecule has 0 bridgehead atoms. The van der Waals surface area contributed by atoms with Gasteiger partial charge in [0.05, 0.1) is 0 Å². The number of hydrogen-bond acceptors (Lipinski definition) is 2. The van der Waals surface area contributed by atoms with Gasteiger partial charge >= 0.3 is 0 Å². The fourth-order valence-corrected chi connectivity index (χ4v) is 2.19. The minimum atomic E-state index is 0. The molecule has 2 rings (SSSR count). The highest BCUT2D eigenvalue weighted by atomic mass is 35.5. The number of rotatable bonds is 6. The second-order valence-corrected chi connectivity index (χ2v) is 5.04. The Bertz CT molecular complexity index is 486. The van der Waals surface area contributed by atoms with Gasteiger partial charge in [-0.15, -0.1) is 24.8 Å². The second-order valence-electron chi connectivity index (χ2n) is 5.04. The van der Waals surface area contributed by atoms with Crippen LogP contribution >= 0.6 is 24.8 Å². The summed E-state index contributed by atoms with van der Waals surface area (Å²) in [4.78, 5) is 0. The van der Waals surface area contributed by atoms with E-state index in [4.69, 9.17) is 5.73 Å². The third-order valence-electron chi connectivity index (χ3n) is 3.27. The van der Waals surface area contributed by atoms with Crippen LogP contribution in [0.3, 0.4) is 0 Å². The van der Waals surface area contributed by atoms with Crippen molar-refractivity contribution in [1.82, 2.24) is 5.32 Å². The minimum absolute atomic E-state index is 0. The van der Waals surface area contributed by atoms with Crippen molar-refractivity contribution >= 4 is 30.5 Å². The Balaban J connectivity index is 0.00000200. The molecule has 0 spiro atoms. The molecule has 0 fully saturated rings. The maximum atomic E-state index is 5.67. The summed E-state index contributed by atoms with van der Waals surface area (Å²) in [5.74, 6) is 0.